The first-order chi connectivity index (χ1) is 12.1. The predicted molar refractivity (Wildman–Crippen MR) is 96.9 cm³/mol. The van der Waals surface area contributed by atoms with Crippen LogP contribution in [0, 0.1) is 5.41 Å². The van der Waals surface area contributed by atoms with Crippen LogP contribution in [-0.4, -0.2) is 68.1 Å². The van der Waals surface area contributed by atoms with E-state index < -0.39 is 0 Å². The summed E-state index contributed by atoms with van der Waals surface area (Å²) >= 11 is 0. The average molecular weight is 342 g/mol. The maximum atomic E-state index is 13.1. The lowest BCUT2D eigenvalue weighted by molar-refractivity contribution is 0.0534. The van der Waals surface area contributed by atoms with E-state index in [9.17, 15) is 9.59 Å². The number of urea groups is 1. The van der Waals surface area contributed by atoms with E-state index in [0.29, 0.717) is 18.7 Å². The Balaban J connectivity index is 1.52. The summed E-state index contributed by atoms with van der Waals surface area (Å²) in [5, 5.41) is 2.80. The molecule has 0 unspecified atom stereocenters. The molecule has 1 spiro atoms. The first kappa shape index (κ1) is 16.4. The first-order valence-corrected chi connectivity index (χ1v) is 9.20. The van der Waals surface area contributed by atoms with Crippen molar-refractivity contribution in [3.63, 3.8) is 0 Å². The number of piperidine rings is 1. The molecule has 134 valence electrons. The van der Waals surface area contributed by atoms with E-state index in [-0.39, 0.29) is 17.4 Å². The number of amides is 3. The van der Waals surface area contributed by atoms with Crippen LogP contribution in [0.15, 0.2) is 24.3 Å². The van der Waals surface area contributed by atoms with Gasteiger partial charge in [0.15, 0.2) is 0 Å². The second-order valence-corrected chi connectivity index (χ2v) is 7.75. The monoisotopic (exact) mass is 342 g/mol. The Hall–Kier alpha value is -2.08. The van der Waals surface area contributed by atoms with Gasteiger partial charge in [-0.2, -0.15) is 0 Å². The van der Waals surface area contributed by atoms with Crippen molar-refractivity contribution in [2.45, 2.75) is 19.3 Å². The average Bonchev–Trinajstić information content (AvgIpc) is 3.20. The van der Waals surface area contributed by atoms with Crippen LogP contribution in [0.1, 0.15) is 29.6 Å². The second kappa shape index (κ2) is 6.33. The number of nitrogens with one attached hydrogen (secondary N) is 1. The van der Waals surface area contributed by atoms with Gasteiger partial charge in [0.1, 0.15) is 0 Å². The highest BCUT2D eigenvalue weighted by atomic mass is 16.2. The molecule has 3 aliphatic rings. The van der Waals surface area contributed by atoms with Crippen molar-refractivity contribution in [1.82, 2.24) is 15.1 Å². The van der Waals surface area contributed by atoms with Crippen LogP contribution in [0.2, 0.25) is 0 Å². The quantitative estimate of drug-likeness (QED) is 0.891. The van der Waals surface area contributed by atoms with Crippen LogP contribution in [0.5, 0.6) is 0 Å². The largest absolute Gasteiger partial charge is 0.338 e. The zero-order valence-corrected chi connectivity index (χ0v) is 14.8. The Morgan fingerprint density at radius 3 is 2.76 bits per heavy atom. The maximum Gasteiger partial charge on any atom is 0.321 e. The minimum absolute atomic E-state index is 0.0875. The fraction of sp³-hybridized carbons (Fsp3) is 0.579. The molecule has 3 heterocycles. The van der Waals surface area contributed by atoms with Gasteiger partial charge < -0.3 is 15.1 Å². The number of likely N-dealkylation sites (tertiary alicyclic amines) is 2. The Morgan fingerprint density at radius 2 is 2.04 bits per heavy atom. The maximum absolute atomic E-state index is 13.1. The van der Waals surface area contributed by atoms with Gasteiger partial charge in [0, 0.05) is 49.4 Å². The van der Waals surface area contributed by atoms with Gasteiger partial charge in [-0.1, -0.05) is 6.07 Å². The summed E-state index contributed by atoms with van der Waals surface area (Å²) in [7, 11) is 2.17. The summed E-state index contributed by atoms with van der Waals surface area (Å²) in [6.07, 6.45) is 3.48. The Kier molecular flexibility index (Phi) is 4.15. The summed E-state index contributed by atoms with van der Waals surface area (Å²) in [5.74, 6) is 0.0927. The SMILES string of the molecule is CN1CC[C@@]2(CCCN(C(=O)c3cccc(N4CCNC4=O)c3)C2)C1. The molecule has 6 heteroatoms. The molecule has 0 aliphatic carbocycles. The second-order valence-electron chi connectivity index (χ2n) is 7.75. The lowest BCUT2D eigenvalue weighted by Crippen LogP contribution is -2.47. The minimum atomic E-state index is -0.0875. The Labute approximate surface area is 148 Å². The molecule has 1 aromatic rings. The van der Waals surface area contributed by atoms with Crippen molar-refractivity contribution in [3.05, 3.63) is 29.8 Å². The predicted octanol–water partition coefficient (Wildman–Crippen LogP) is 1.77. The molecule has 0 saturated carbocycles. The van der Waals surface area contributed by atoms with Crippen molar-refractivity contribution < 1.29 is 9.59 Å². The molecule has 4 rings (SSSR count). The molecule has 3 aliphatic heterocycles. The van der Waals surface area contributed by atoms with E-state index in [1.54, 1.807) is 4.90 Å². The van der Waals surface area contributed by atoms with Gasteiger partial charge in [0.25, 0.3) is 5.91 Å². The summed E-state index contributed by atoms with van der Waals surface area (Å²) in [6, 6.07) is 7.40. The van der Waals surface area contributed by atoms with E-state index in [1.165, 1.54) is 12.8 Å². The number of carbonyl (C=O) groups is 2. The molecule has 3 amide bonds. The fourth-order valence-corrected chi connectivity index (χ4v) is 4.58. The standard InChI is InChI=1S/C19H26N4O2/c1-21-10-7-19(13-21)6-3-9-22(14-19)17(24)15-4-2-5-16(12-15)23-11-8-20-18(23)25/h2,4-5,12H,3,6-11,13-14H2,1H3,(H,20,25)/t19-/m0/s1. The molecular weight excluding hydrogens is 316 g/mol. The summed E-state index contributed by atoms with van der Waals surface area (Å²) < 4.78 is 0. The topological polar surface area (TPSA) is 55.9 Å². The third-order valence-electron chi connectivity index (χ3n) is 5.84. The molecule has 0 bridgehead atoms. The number of hydrogen-bond donors (Lipinski definition) is 1. The molecular formula is C19H26N4O2. The number of rotatable bonds is 2. The molecule has 1 N–H and O–H groups in total. The van der Waals surface area contributed by atoms with Gasteiger partial charge in [-0.15, -0.1) is 0 Å². The van der Waals surface area contributed by atoms with E-state index in [2.05, 4.69) is 17.3 Å². The number of benzene rings is 1. The van der Waals surface area contributed by atoms with E-state index in [1.807, 2.05) is 29.2 Å². The van der Waals surface area contributed by atoms with E-state index >= 15 is 0 Å². The minimum Gasteiger partial charge on any atom is -0.338 e. The molecule has 1 aromatic carbocycles. The molecule has 1 atom stereocenters. The van der Waals surface area contributed by atoms with Gasteiger partial charge in [-0.25, -0.2) is 4.79 Å². The van der Waals surface area contributed by atoms with Gasteiger partial charge in [0.05, 0.1) is 0 Å². The number of anilines is 1. The molecule has 25 heavy (non-hydrogen) atoms. The zero-order valence-electron chi connectivity index (χ0n) is 14.8. The fourth-order valence-electron chi connectivity index (χ4n) is 4.58. The Morgan fingerprint density at radius 1 is 1.16 bits per heavy atom. The molecule has 3 fully saturated rings. The third kappa shape index (κ3) is 3.11. The van der Waals surface area contributed by atoms with Crippen molar-refractivity contribution in [1.29, 1.82) is 0 Å². The van der Waals surface area contributed by atoms with Gasteiger partial charge >= 0.3 is 6.03 Å². The van der Waals surface area contributed by atoms with Crippen LogP contribution in [0.4, 0.5) is 10.5 Å². The van der Waals surface area contributed by atoms with Crippen molar-refractivity contribution in [2.75, 3.05) is 51.2 Å². The highest BCUT2D eigenvalue weighted by Gasteiger charge is 2.41. The molecule has 3 saturated heterocycles. The van der Waals surface area contributed by atoms with Crippen LogP contribution in [-0.2, 0) is 0 Å². The van der Waals surface area contributed by atoms with Gasteiger partial charge in [-0.3, -0.25) is 9.69 Å². The van der Waals surface area contributed by atoms with Crippen LogP contribution >= 0.6 is 0 Å². The normalized spacial score (nSPS) is 27.2. The first-order valence-electron chi connectivity index (χ1n) is 9.20. The van der Waals surface area contributed by atoms with Crippen LogP contribution < -0.4 is 10.2 Å². The van der Waals surface area contributed by atoms with Crippen LogP contribution in [0.3, 0.4) is 0 Å². The lowest BCUT2D eigenvalue weighted by Gasteiger charge is -2.40. The van der Waals surface area contributed by atoms with Crippen LogP contribution in [0.25, 0.3) is 0 Å². The zero-order chi connectivity index (χ0) is 17.4. The number of carbonyl (C=O) groups excluding carboxylic acids is 2. The number of nitrogens with zero attached hydrogens (tertiary/aromatic N) is 3. The molecule has 6 nitrogen and oxygen atoms in total. The van der Waals surface area contributed by atoms with Gasteiger partial charge in [-0.05, 0) is 51.1 Å². The van der Waals surface area contributed by atoms with Crippen molar-refractivity contribution in [2.24, 2.45) is 5.41 Å². The number of hydrogen-bond acceptors (Lipinski definition) is 3. The van der Waals surface area contributed by atoms with E-state index in [0.717, 1.165) is 38.3 Å². The van der Waals surface area contributed by atoms with Crippen molar-refractivity contribution >= 4 is 17.6 Å². The van der Waals surface area contributed by atoms with E-state index in [4.69, 9.17) is 0 Å². The van der Waals surface area contributed by atoms with Gasteiger partial charge in [0.2, 0.25) is 0 Å². The third-order valence-corrected chi connectivity index (χ3v) is 5.84. The lowest BCUT2D eigenvalue weighted by atomic mass is 9.79. The summed E-state index contributed by atoms with van der Waals surface area (Å²) in [5.41, 5.74) is 1.75. The highest BCUT2D eigenvalue weighted by molar-refractivity contribution is 5.98. The smallest absolute Gasteiger partial charge is 0.321 e. The summed E-state index contributed by atoms with van der Waals surface area (Å²) in [6.45, 7) is 5.20. The molecule has 0 aromatic heterocycles. The van der Waals surface area contributed by atoms with Crippen molar-refractivity contribution in [3.8, 4) is 0 Å². The highest BCUT2D eigenvalue weighted by Crippen LogP contribution is 2.38. The summed E-state index contributed by atoms with van der Waals surface area (Å²) in [4.78, 5) is 31.0. The Bertz CT molecular complexity index is 688. The molecule has 0 radical (unpaired) electrons.